The highest BCUT2D eigenvalue weighted by molar-refractivity contribution is 7.07. The van der Waals surface area contributed by atoms with E-state index in [9.17, 15) is 0 Å². The number of hydrogen-bond acceptors (Lipinski definition) is 3. The Bertz CT molecular complexity index is 363. The molecular weight excluding hydrogens is 264 g/mol. The molecule has 0 saturated heterocycles. The number of thiophene rings is 1. The summed E-state index contributed by atoms with van der Waals surface area (Å²) in [5.41, 5.74) is 1.46. The Morgan fingerprint density at radius 1 is 1.35 bits per heavy atom. The maximum Gasteiger partial charge on any atom is 0.0239 e. The van der Waals surface area contributed by atoms with Gasteiger partial charge in [0, 0.05) is 19.1 Å². The van der Waals surface area contributed by atoms with E-state index in [1.165, 1.54) is 37.8 Å². The van der Waals surface area contributed by atoms with E-state index >= 15 is 0 Å². The highest BCUT2D eigenvalue weighted by Crippen LogP contribution is 2.32. The van der Waals surface area contributed by atoms with Crippen LogP contribution in [0.15, 0.2) is 16.8 Å². The number of hydrogen-bond donors (Lipinski definition) is 1. The first-order valence-electron chi connectivity index (χ1n) is 8.15. The van der Waals surface area contributed by atoms with E-state index in [0.29, 0.717) is 0 Å². The number of rotatable bonds is 7. The summed E-state index contributed by atoms with van der Waals surface area (Å²) in [7, 11) is 2.27. The quantitative estimate of drug-likeness (QED) is 0.818. The summed E-state index contributed by atoms with van der Waals surface area (Å²) in [6.07, 6.45) is 5.54. The molecule has 20 heavy (non-hydrogen) atoms. The van der Waals surface area contributed by atoms with Gasteiger partial charge in [0.15, 0.2) is 0 Å². The lowest BCUT2D eigenvalue weighted by molar-refractivity contribution is 0.150. The summed E-state index contributed by atoms with van der Waals surface area (Å²) in [5.74, 6) is 1.77. The monoisotopic (exact) mass is 294 g/mol. The van der Waals surface area contributed by atoms with Crippen LogP contribution in [-0.2, 0) is 6.54 Å². The van der Waals surface area contributed by atoms with Crippen molar-refractivity contribution in [2.24, 2.45) is 11.8 Å². The Kier molecular flexibility index (Phi) is 6.53. The van der Waals surface area contributed by atoms with Gasteiger partial charge in [0.2, 0.25) is 0 Å². The fourth-order valence-electron chi connectivity index (χ4n) is 3.62. The molecular formula is C17H30N2S. The van der Waals surface area contributed by atoms with Crippen molar-refractivity contribution in [2.75, 3.05) is 20.1 Å². The van der Waals surface area contributed by atoms with E-state index in [-0.39, 0.29) is 0 Å². The lowest BCUT2D eigenvalue weighted by Crippen LogP contribution is -2.45. The molecule has 0 radical (unpaired) electrons. The molecule has 3 unspecified atom stereocenters. The van der Waals surface area contributed by atoms with Crippen LogP contribution in [0, 0.1) is 11.8 Å². The molecule has 3 atom stereocenters. The molecule has 2 nitrogen and oxygen atoms in total. The smallest absolute Gasteiger partial charge is 0.0239 e. The van der Waals surface area contributed by atoms with Gasteiger partial charge < -0.3 is 10.2 Å². The summed E-state index contributed by atoms with van der Waals surface area (Å²) in [6.45, 7) is 8.01. The lowest BCUT2D eigenvalue weighted by Gasteiger charge is -2.38. The Morgan fingerprint density at radius 2 is 2.20 bits per heavy atom. The standard InChI is InChI=1S/C17H30N2S/c1-4-14-6-7-17(18-5-2)16(10-14)12-19(3)11-15-8-9-20-13-15/h8-9,13-14,16-18H,4-7,10-12H2,1-3H3. The fraction of sp³-hybridized carbons (Fsp3) is 0.765. The van der Waals surface area contributed by atoms with E-state index in [4.69, 9.17) is 0 Å². The molecule has 3 heteroatoms. The zero-order chi connectivity index (χ0) is 14.4. The Balaban J connectivity index is 1.88. The second-order valence-corrected chi connectivity index (χ2v) is 7.12. The maximum atomic E-state index is 3.72. The zero-order valence-electron chi connectivity index (χ0n) is 13.3. The summed E-state index contributed by atoms with van der Waals surface area (Å²) in [5, 5.41) is 8.17. The van der Waals surface area contributed by atoms with Gasteiger partial charge in [0.25, 0.3) is 0 Å². The molecule has 0 bridgehead atoms. The van der Waals surface area contributed by atoms with Crippen LogP contribution in [0.3, 0.4) is 0 Å². The Labute approximate surface area is 128 Å². The Morgan fingerprint density at radius 3 is 2.85 bits per heavy atom. The molecule has 1 N–H and O–H groups in total. The molecule has 0 aliphatic heterocycles. The van der Waals surface area contributed by atoms with Crippen LogP contribution in [0.25, 0.3) is 0 Å². The van der Waals surface area contributed by atoms with E-state index < -0.39 is 0 Å². The maximum absolute atomic E-state index is 3.72. The van der Waals surface area contributed by atoms with Gasteiger partial charge in [-0.15, -0.1) is 0 Å². The van der Waals surface area contributed by atoms with Crippen LogP contribution in [0.2, 0.25) is 0 Å². The highest BCUT2D eigenvalue weighted by atomic mass is 32.1. The molecule has 0 spiro atoms. The minimum atomic E-state index is 0.729. The van der Waals surface area contributed by atoms with Crippen molar-refractivity contribution >= 4 is 11.3 Å². The second-order valence-electron chi connectivity index (χ2n) is 6.34. The average Bonchev–Trinajstić information content (AvgIpc) is 2.93. The highest BCUT2D eigenvalue weighted by Gasteiger charge is 2.29. The van der Waals surface area contributed by atoms with Crippen LogP contribution in [0.5, 0.6) is 0 Å². The molecule has 1 fully saturated rings. The Hall–Kier alpha value is -0.380. The summed E-state index contributed by atoms with van der Waals surface area (Å²) in [6, 6.07) is 2.98. The van der Waals surface area contributed by atoms with Gasteiger partial charge in [-0.3, -0.25) is 0 Å². The third-order valence-electron chi connectivity index (χ3n) is 4.71. The molecule has 1 aromatic rings. The first-order chi connectivity index (χ1) is 9.72. The predicted octanol–water partition coefficient (Wildman–Crippen LogP) is 3.98. The van der Waals surface area contributed by atoms with Crippen LogP contribution in [0.4, 0.5) is 0 Å². The molecule has 2 rings (SSSR count). The van der Waals surface area contributed by atoms with Crippen molar-refractivity contribution in [3.63, 3.8) is 0 Å². The summed E-state index contributed by atoms with van der Waals surface area (Å²) >= 11 is 1.80. The minimum absolute atomic E-state index is 0.729. The van der Waals surface area contributed by atoms with Crippen molar-refractivity contribution < 1.29 is 0 Å². The van der Waals surface area contributed by atoms with Crippen molar-refractivity contribution in [1.82, 2.24) is 10.2 Å². The van der Waals surface area contributed by atoms with Gasteiger partial charge in [-0.05, 0) is 67.1 Å². The first-order valence-corrected chi connectivity index (χ1v) is 9.10. The van der Waals surface area contributed by atoms with E-state index in [1.54, 1.807) is 11.3 Å². The minimum Gasteiger partial charge on any atom is -0.314 e. The molecule has 1 aromatic heterocycles. The molecule has 1 aliphatic rings. The molecule has 1 heterocycles. The largest absolute Gasteiger partial charge is 0.314 e. The third-order valence-corrected chi connectivity index (χ3v) is 5.45. The lowest BCUT2D eigenvalue weighted by atomic mass is 9.76. The molecule has 0 aromatic carbocycles. The van der Waals surface area contributed by atoms with Gasteiger partial charge in [0.05, 0.1) is 0 Å². The van der Waals surface area contributed by atoms with Crippen molar-refractivity contribution in [3.8, 4) is 0 Å². The topological polar surface area (TPSA) is 15.3 Å². The zero-order valence-corrected chi connectivity index (χ0v) is 14.1. The number of nitrogens with one attached hydrogen (secondary N) is 1. The van der Waals surface area contributed by atoms with Crippen molar-refractivity contribution in [1.29, 1.82) is 0 Å². The van der Waals surface area contributed by atoms with Crippen LogP contribution >= 0.6 is 11.3 Å². The average molecular weight is 295 g/mol. The summed E-state index contributed by atoms with van der Waals surface area (Å²) < 4.78 is 0. The van der Waals surface area contributed by atoms with Crippen molar-refractivity contribution in [2.45, 2.75) is 52.1 Å². The fourth-order valence-corrected chi connectivity index (χ4v) is 4.28. The van der Waals surface area contributed by atoms with Crippen LogP contribution < -0.4 is 5.32 Å². The van der Waals surface area contributed by atoms with E-state index in [1.807, 2.05) is 0 Å². The first kappa shape index (κ1) is 16.0. The van der Waals surface area contributed by atoms with Crippen molar-refractivity contribution in [3.05, 3.63) is 22.4 Å². The molecule has 114 valence electrons. The summed E-state index contributed by atoms with van der Waals surface area (Å²) in [4.78, 5) is 2.51. The van der Waals surface area contributed by atoms with Crippen LogP contribution in [-0.4, -0.2) is 31.1 Å². The van der Waals surface area contributed by atoms with Crippen LogP contribution in [0.1, 0.15) is 45.1 Å². The number of nitrogens with zero attached hydrogens (tertiary/aromatic N) is 1. The van der Waals surface area contributed by atoms with Gasteiger partial charge in [-0.25, -0.2) is 0 Å². The normalized spacial score (nSPS) is 27.1. The van der Waals surface area contributed by atoms with Gasteiger partial charge in [-0.2, -0.15) is 11.3 Å². The second kappa shape index (κ2) is 8.16. The van der Waals surface area contributed by atoms with Gasteiger partial charge in [0.1, 0.15) is 0 Å². The molecule has 1 saturated carbocycles. The molecule has 0 amide bonds. The van der Waals surface area contributed by atoms with E-state index in [2.05, 4.69) is 47.9 Å². The van der Waals surface area contributed by atoms with Gasteiger partial charge in [-0.1, -0.05) is 20.3 Å². The van der Waals surface area contributed by atoms with Gasteiger partial charge >= 0.3 is 0 Å². The third kappa shape index (κ3) is 4.57. The molecule has 1 aliphatic carbocycles. The SMILES string of the molecule is CCNC1CCC(CC)CC1CN(C)Cc1ccsc1. The van der Waals surface area contributed by atoms with E-state index in [0.717, 1.165) is 31.0 Å². The predicted molar refractivity (Wildman–Crippen MR) is 89.2 cm³/mol.